The third kappa shape index (κ3) is 2.20. The summed E-state index contributed by atoms with van der Waals surface area (Å²) in [6.07, 6.45) is 1.52. The van der Waals surface area contributed by atoms with Crippen molar-refractivity contribution >= 4 is 16.7 Å². The number of hydrogen-bond donors (Lipinski definition) is 1. The molecule has 0 aliphatic heterocycles. The lowest BCUT2D eigenvalue weighted by molar-refractivity contribution is 0.0697. The summed E-state index contributed by atoms with van der Waals surface area (Å²) in [6.45, 7) is 1.80. The number of fused-ring (bicyclic) bond motifs is 1. The van der Waals surface area contributed by atoms with E-state index in [1.54, 1.807) is 13.0 Å². The summed E-state index contributed by atoms with van der Waals surface area (Å²) in [7, 11) is 0. The molecule has 3 aromatic rings. The van der Waals surface area contributed by atoms with E-state index in [9.17, 15) is 13.6 Å². The Balaban J connectivity index is 2.41. The quantitative estimate of drug-likeness (QED) is 0.772. The van der Waals surface area contributed by atoms with Gasteiger partial charge in [0, 0.05) is 11.6 Å². The maximum atomic E-state index is 14.0. The largest absolute Gasteiger partial charge is 0.478 e. The molecule has 0 fully saturated rings. The van der Waals surface area contributed by atoms with Crippen molar-refractivity contribution < 1.29 is 18.7 Å². The third-order valence-electron chi connectivity index (χ3n) is 3.53. The Morgan fingerprint density at radius 2 is 1.77 bits per heavy atom. The van der Waals surface area contributed by atoms with Gasteiger partial charge in [0.25, 0.3) is 0 Å². The first-order valence-corrected chi connectivity index (χ1v) is 6.56. The summed E-state index contributed by atoms with van der Waals surface area (Å²) in [5.41, 5.74) is 0.680. The molecule has 5 heteroatoms. The molecule has 3 nitrogen and oxygen atoms in total. The van der Waals surface area contributed by atoms with Gasteiger partial charge >= 0.3 is 5.97 Å². The number of benzene rings is 2. The van der Waals surface area contributed by atoms with Gasteiger partial charge in [-0.05, 0) is 42.1 Å². The van der Waals surface area contributed by atoms with E-state index in [0.717, 1.165) is 17.7 Å². The summed E-state index contributed by atoms with van der Waals surface area (Å²) >= 11 is 0. The van der Waals surface area contributed by atoms with E-state index in [1.165, 1.54) is 24.4 Å². The van der Waals surface area contributed by atoms with Crippen molar-refractivity contribution in [3.8, 4) is 11.3 Å². The molecule has 0 bridgehead atoms. The smallest absolute Gasteiger partial charge is 0.335 e. The molecule has 0 saturated heterocycles. The lowest BCUT2D eigenvalue weighted by Crippen LogP contribution is -1.99. The molecule has 1 heterocycles. The number of pyridine rings is 1. The average Bonchev–Trinajstić information content (AvgIpc) is 2.49. The highest BCUT2D eigenvalue weighted by Gasteiger charge is 2.17. The van der Waals surface area contributed by atoms with E-state index in [0.29, 0.717) is 10.8 Å². The van der Waals surface area contributed by atoms with Crippen LogP contribution in [0.4, 0.5) is 8.78 Å². The number of aromatic carboxylic acids is 1. The summed E-state index contributed by atoms with van der Waals surface area (Å²) in [6, 6.07) is 8.03. The Morgan fingerprint density at radius 1 is 1.09 bits per heavy atom. The summed E-state index contributed by atoms with van der Waals surface area (Å²) in [5, 5.41) is 10.2. The van der Waals surface area contributed by atoms with Gasteiger partial charge in [0.05, 0.1) is 16.8 Å². The second-order valence-corrected chi connectivity index (χ2v) is 4.95. The van der Waals surface area contributed by atoms with Crippen molar-refractivity contribution in [2.24, 2.45) is 0 Å². The topological polar surface area (TPSA) is 50.2 Å². The maximum Gasteiger partial charge on any atom is 0.335 e. The minimum absolute atomic E-state index is 0.0397. The van der Waals surface area contributed by atoms with Gasteiger partial charge in [-0.15, -0.1) is 0 Å². The van der Waals surface area contributed by atoms with Crippen LogP contribution in [0.5, 0.6) is 0 Å². The summed E-state index contributed by atoms with van der Waals surface area (Å²) < 4.78 is 28.1. The zero-order valence-electron chi connectivity index (χ0n) is 11.6. The van der Waals surface area contributed by atoms with Crippen LogP contribution in [0.25, 0.3) is 22.0 Å². The lowest BCUT2D eigenvalue weighted by Gasteiger charge is -2.10. The van der Waals surface area contributed by atoms with E-state index >= 15 is 0 Å². The first-order valence-electron chi connectivity index (χ1n) is 6.56. The monoisotopic (exact) mass is 299 g/mol. The van der Waals surface area contributed by atoms with Crippen LogP contribution in [-0.2, 0) is 0 Å². The fourth-order valence-electron chi connectivity index (χ4n) is 2.44. The molecule has 0 saturated carbocycles. The minimum atomic E-state index is -1.11. The van der Waals surface area contributed by atoms with E-state index in [4.69, 9.17) is 5.11 Å². The van der Waals surface area contributed by atoms with Crippen LogP contribution in [0.15, 0.2) is 42.6 Å². The predicted octanol–water partition coefficient (Wildman–Crippen LogP) is 4.19. The number of nitrogens with zero attached hydrogens (tertiary/aromatic N) is 1. The average molecular weight is 299 g/mol. The number of carboxylic acid groups (broad SMARTS) is 1. The Bertz CT molecular complexity index is 886. The van der Waals surface area contributed by atoms with E-state index in [1.807, 2.05) is 0 Å². The van der Waals surface area contributed by atoms with E-state index < -0.39 is 17.6 Å². The van der Waals surface area contributed by atoms with Gasteiger partial charge in [-0.1, -0.05) is 12.1 Å². The molecular formula is C17H11F2NO2. The molecule has 0 radical (unpaired) electrons. The summed E-state index contributed by atoms with van der Waals surface area (Å²) in [5.74, 6) is -2.58. The number of halogens is 2. The van der Waals surface area contributed by atoms with Gasteiger partial charge in [0.2, 0.25) is 0 Å². The van der Waals surface area contributed by atoms with Crippen LogP contribution >= 0.6 is 0 Å². The van der Waals surface area contributed by atoms with Crippen LogP contribution in [0.1, 0.15) is 15.9 Å². The molecule has 110 valence electrons. The molecule has 0 spiro atoms. The molecule has 0 atom stereocenters. The summed E-state index contributed by atoms with van der Waals surface area (Å²) in [4.78, 5) is 15.3. The zero-order valence-corrected chi connectivity index (χ0v) is 11.6. The highest BCUT2D eigenvalue weighted by Crippen LogP contribution is 2.32. The van der Waals surface area contributed by atoms with Gasteiger partial charge < -0.3 is 5.11 Å². The number of aromatic nitrogens is 1. The minimum Gasteiger partial charge on any atom is -0.478 e. The molecule has 0 amide bonds. The third-order valence-corrected chi connectivity index (χ3v) is 3.53. The molecule has 3 rings (SSSR count). The van der Waals surface area contributed by atoms with Gasteiger partial charge in [0.1, 0.15) is 11.6 Å². The van der Waals surface area contributed by atoms with Crippen molar-refractivity contribution in [3.05, 3.63) is 65.4 Å². The molecule has 22 heavy (non-hydrogen) atoms. The van der Waals surface area contributed by atoms with Crippen LogP contribution < -0.4 is 0 Å². The predicted molar refractivity (Wildman–Crippen MR) is 78.8 cm³/mol. The Morgan fingerprint density at radius 3 is 2.41 bits per heavy atom. The van der Waals surface area contributed by atoms with Crippen LogP contribution in [0, 0.1) is 18.6 Å². The lowest BCUT2D eigenvalue weighted by atomic mass is 9.98. The molecule has 1 N–H and O–H groups in total. The molecule has 0 aliphatic rings. The van der Waals surface area contributed by atoms with Crippen molar-refractivity contribution in [1.82, 2.24) is 4.98 Å². The van der Waals surface area contributed by atoms with Gasteiger partial charge in [-0.3, -0.25) is 4.98 Å². The number of carbonyl (C=O) groups is 1. The Labute approximate surface area is 124 Å². The van der Waals surface area contributed by atoms with Crippen LogP contribution in [0.3, 0.4) is 0 Å². The Kier molecular flexibility index (Phi) is 3.33. The van der Waals surface area contributed by atoms with Gasteiger partial charge in [0.15, 0.2) is 0 Å². The molecule has 0 aliphatic carbocycles. The highest BCUT2D eigenvalue weighted by atomic mass is 19.1. The van der Waals surface area contributed by atoms with E-state index in [-0.39, 0.29) is 16.8 Å². The first kappa shape index (κ1) is 14.1. The van der Waals surface area contributed by atoms with Gasteiger partial charge in [-0.2, -0.15) is 0 Å². The molecule has 1 aromatic heterocycles. The van der Waals surface area contributed by atoms with E-state index in [2.05, 4.69) is 4.98 Å². The molecule has 2 aromatic carbocycles. The fourth-order valence-corrected chi connectivity index (χ4v) is 2.44. The first-order chi connectivity index (χ1) is 10.5. The highest BCUT2D eigenvalue weighted by molar-refractivity contribution is 6.01. The fraction of sp³-hybridized carbons (Fsp3) is 0.0588. The SMILES string of the molecule is Cc1cnc(-c2c(F)cccc2F)c2cc(C(=O)O)ccc12. The Hall–Kier alpha value is -2.82. The number of carboxylic acids is 1. The maximum absolute atomic E-state index is 14.0. The van der Waals surface area contributed by atoms with Crippen LogP contribution in [-0.4, -0.2) is 16.1 Å². The van der Waals surface area contributed by atoms with Crippen molar-refractivity contribution in [3.63, 3.8) is 0 Å². The second kappa shape index (κ2) is 5.18. The number of rotatable bonds is 2. The van der Waals surface area contributed by atoms with Crippen LogP contribution in [0.2, 0.25) is 0 Å². The number of aryl methyl sites for hydroxylation is 1. The van der Waals surface area contributed by atoms with Crippen molar-refractivity contribution in [2.45, 2.75) is 6.92 Å². The normalized spacial score (nSPS) is 10.9. The van der Waals surface area contributed by atoms with Crippen molar-refractivity contribution in [1.29, 1.82) is 0 Å². The second-order valence-electron chi connectivity index (χ2n) is 4.95. The molecular weight excluding hydrogens is 288 g/mol. The van der Waals surface area contributed by atoms with Gasteiger partial charge in [-0.25, -0.2) is 13.6 Å². The number of hydrogen-bond acceptors (Lipinski definition) is 2. The molecule has 0 unspecified atom stereocenters. The standard InChI is InChI=1S/C17H11F2NO2/c1-9-8-20-16(15-13(18)3-2-4-14(15)19)12-7-10(17(21)22)5-6-11(9)12/h2-8H,1H3,(H,21,22). The zero-order chi connectivity index (χ0) is 15.9. The van der Waals surface area contributed by atoms with Crippen molar-refractivity contribution in [2.75, 3.05) is 0 Å².